The number of aromatic nitrogens is 3. The number of anilines is 1. The van der Waals surface area contributed by atoms with Crippen molar-refractivity contribution >= 4 is 11.6 Å². The van der Waals surface area contributed by atoms with Gasteiger partial charge in [-0.1, -0.05) is 12.1 Å². The van der Waals surface area contributed by atoms with Crippen LogP contribution in [0, 0.1) is 0 Å². The van der Waals surface area contributed by atoms with Crippen LogP contribution in [-0.4, -0.2) is 47.0 Å². The molecule has 132 valence electrons. The summed E-state index contributed by atoms with van der Waals surface area (Å²) in [6.07, 6.45) is 3.39. The molecule has 2 aromatic heterocycles. The van der Waals surface area contributed by atoms with Crippen molar-refractivity contribution in [2.24, 2.45) is 5.73 Å². The lowest BCUT2D eigenvalue weighted by Gasteiger charge is -2.28. The zero-order valence-corrected chi connectivity index (χ0v) is 14.2. The largest absolute Gasteiger partial charge is 0.378 e. The van der Waals surface area contributed by atoms with E-state index in [0.29, 0.717) is 11.4 Å². The molecule has 1 saturated heterocycles. The van der Waals surface area contributed by atoms with E-state index in [9.17, 15) is 4.79 Å². The van der Waals surface area contributed by atoms with E-state index in [0.717, 1.165) is 37.6 Å². The van der Waals surface area contributed by atoms with Gasteiger partial charge in [0.15, 0.2) is 5.82 Å². The lowest BCUT2D eigenvalue weighted by Crippen LogP contribution is -2.36. The highest BCUT2D eigenvalue weighted by molar-refractivity contribution is 5.95. The van der Waals surface area contributed by atoms with Crippen LogP contribution in [0.3, 0.4) is 0 Å². The summed E-state index contributed by atoms with van der Waals surface area (Å²) in [6.45, 7) is 3.34. The van der Waals surface area contributed by atoms with Crippen LogP contribution >= 0.6 is 0 Å². The number of carbonyl (C=O) groups is 1. The van der Waals surface area contributed by atoms with Gasteiger partial charge in [-0.15, -0.1) is 0 Å². The predicted molar refractivity (Wildman–Crippen MR) is 98.3 cm³/mol. The van der Waals surface area contributed by atoms with Crippen LogP contribution < -0.4 is 10.6 Å². The minimum Gasteiger partial charge on any atom is -0.378 e. The number of hydrogen-bond acceptors (Lipinski definition) is 5. The fourth-order valence-electron chi connectivity index (χ4n) is 3.03. The second-order valence-electron chi connectivity index (χ2n) is 6.03. The Bertz CT molecular complexity index is 914. The molecule has 7 nitrogen and oxygen atoms in total. The molecule has 2 N–H and O–H groups in total. The highest BCUT2D eigenvalue weighted by Gasteiger charge is 2.14. The quantitative estimate of drug-likeness (QED) is 0.777. The smallest absolute Gasteiger partial charge is 0.252 e. The molecule has 1 amide bonds. The van der Waals surface area contributed by atoms with E-state index >= 15 is 0 Å². The highest BCUT2D eigenvalue weighted by Crippen LogP contribution is 2.23. The third-order valence-corrected chi connectivity index (χ3v) is 4.40. The molecule has 1 fully saturated rings. The number of morpholine rings is 1. The lowest BCUT2D eigenvalue weighted by molar-refractivity contribution is 0.0999. The van der Waals surface area contributed by atoms with Gasteiger partial charge in [0.2, 0.25) is 0 Å². The van der Waals surface area contributed by atoms with Crippen LogP contribution in [0.1, 0.15) is 10.4 Å². The molecule has 3 heterocycles. The standard InChI is InChI=1S/C19H19N5O2/c20-18(25)16-2-1-8-21-19(16)24-9-7-17(22-24)14-3-5-15(6-4-14)23-10-12-26-13-11-23/h1-9H,10-13H2,(H2,20,25). The summed E-state index contributed by atoms with van der Waals surface area (Å²) in [5, 5.41) is 4.55. The average Bonchev–Trinajstić information content (AvgIpc) is 3.19. The molecular formula is C19H19N5O2. The number of carbonyl (C=O) groups excluding carboxylic acids is 1. The van der Waals surface area contributed by atoms with Crippen LogP contribution in [0.15, 0.2) is 54.9 Å². The number of rotatable bonds is 4. The Morgan fingerprint density at radius 3 is 2.58 bits per heavy atom. The molecule has 7 heteroatoms. The summed E-state index contributed by atoms with van der Waals surface area (Å²) in [5.74, 6) is -0.101. The number of hydrogen-bond donors (Lipinski definition) is 1. The Kier molecular flexibility index (Phi) is 4.37. The van der Waals surface area contributed by atoms with Crippen LogP contribution in [0.4, 0.5) is 5.69 Å². The first-order chi connectivity index (χ1) is 12.7. The second-order valence-corrected chi connectivity index (χ2v) is 6.03. The van der Waals surface area contributed by atoms with Crippen LogP contribution in [0.2, 0.25) is 0 Å². The zero-order valence-electron chi connectivity index (χ0n) is 14.2. The molecular weight excluding hydrogens is 330 g/mol. The summed E-state index contributed by atoms with van der Waals surface area (Å²) in [4.78, 5) is 18.1. The molecule has 1 aliphatic heterocycles. The van der Waals surface area contributed by atoms with Crippen molar-refractivity contribution in [2.75, 3.05) is 31.2 Å². The van der Waals surface area contributed by atoms with Crippen LogP contribution in [0.25, 0.3) is 17.1 Å². The number of amides is 1. The van der Waals surface area contributed by atoms with Gasteiger partial charge in [0, 0.05) is 36.7 Å². The topological polar surface area (TPSA) is 86.3 Å². The number of primary amides is 1. The number of nitrogens with zero attached hydrogens (tertiary/aromatic N) is 4. The molecule has 0 bridgehead atoms. The van der Waals surface area contributed by atoms with E-state index in [1.165, 1.54) is 5.69 Å². The number of benzene rings is 1. The molecule has 0 atom stereocenters. The molecule has 0 unspecified atom stereocenters. The van der Waals surface area contributed by atoms with Crippen molar-refractivity contribution < 1.29 is 9.53 Å². The van der Waals surface area contributed by atoms with E-state index < -0.39 is 5.91 Å². The maximum atomic E-state index is 11.6. The third kappa shape index (κ3) is 3.16. The van der Waals surface area contributed by atoms with Crippen molar-refractivity contribution in [3.63, 3.8) is 0 Å². The van der Waals surface area contributed by atoms with Gasteiger partial charge in [-0.25, -0.2) is 9.67 Å². The second kappa shape index (κ2) is 6.97. The van der Waals surface area contributed by atoms with Crippen LogP contribution in [-0.2, 0) is 4.74 Å². The first kappa shape index (κ1) is 16.3. The molecule has 0 saturated carbocycles. The van der Waals surface area contributed by atoms with Crippen molar-refractivity contribution in [3.05, 3.63) is 60.4 Å². The summed E-state index contributed by atoms with van der Waals surface area (Å²) < 4.78 is 6.97. The van der Waals surface area contributed by atoms with Gasteiger partial charge in [-0.2, -0.15) is 5.10 Å². The molecule has 1 aliphatic rings. The molecule has 0 aliphatic carbocycles. The van der Waals surface area contributed by atoms with E-state index in [1.54, 1.807) is 29.2 Å². The normalized spacial score (nSPS) is 14.4. The fraction of sp³-hybridized carbons (Fsp3) is 0.211. The monoisotopic (exact) mass is 349 g/mol. The maximum Gasteiger partial charge on any atom is 0.252 e. The van der Waals surface area contributed by atoms with Gasteiger partial charge in [0.1, 0.15) is 0 Å². The fourth-order valence-corrected chi connectivity index (χ4v) is 3.03. The van der Waals surface area contributed by atoms with Gasteiger partial charge >= 0.3 is 0 Å². The first-order valence-corrected chi connectivity index (χ1v) is 8.46. The average molecular weight is 349 g/mol. The van der Waals surface area contributed by atoms with Crippen LogP contribution in [0.5, 0.6) is 0 Å². The summed E-state index contributed by atoms with van der Waals surface area (Å²) in [7, 11) is 0. The highest BCUT2D eigenvalue weighted by atomic mass is 16.5. The molecule has 4 rings (SSSR count). The number of pyridine rings is 1. The van der Waals surface area contributed by atoms with E-state index in [4.69, 9.17) is 10.5 Å². The Hall–Kier alpha value is -3.19. The van der Waals surface area contributed by atoms with Crippen molar-refractivity contribution in [3.8, 4) is 17.1 Å². The van der Waals surface area contributed by atoms with Crippen molar-refractivity contribution in [1.29, 1.82) is 0 Å². The summed E-state index contributed by atoms with van der Waals surface area (Å²) >= 11 is 0. The van der Waals surface area contributed by atoms with Gasteiger partial charge in [-0.3, -0.25) is 4.79 Å². The molecule has 26 heavy (non-hydrogen) atoms. The van der Waals surface area contributed by atoms with Crippen molar-refractivity contribution in [1.82, 2.24) is 14.8 Å². The van der Waals surface area contributed by atoms with E-state index in [1.807, 2.05) is 18.2 Å². The summed E-state index contributed by atoms with van der Waals surface area (Å²) in [5.41, 5.74) is 8.74. The number of ether oxygens (including phenoxy) is 1. The van der Waals surface area contributed by atoms with Crippen molar-refractivity contribution in [2.45, 2.75) is 0 Å². The molecule has 0 spiro atoms. The Morgan fingerprint density at radius 1 is 1.08 bits per heavy atom. The SMILES string of the molecule is NC(=O)c1cccnc1-n1ccc(-c2ccc(N3CCOCC3)cc2)n1. The Balaban J connectivity index is 1.59. The van der Waals surface area contributed by atoms with E-state index in [-0.39, 0.29) is 0 Å². The Labute approximate surface area is 151 Å². The van der Waals surface area contributed by atoms with E-state index in [2.05, 4.69) is 27.1 Å². The minimum absolute atomic E-state index is 0.338. The van der Waals surface area contributed by atoms with Gasteiger partial charge < -0.3 is 15.4 Å². The third-order valence-electron chi connectivity index (χ3n) is 4.40. The molecule has 3 aromatic rings. The van der Waals surface area contributed by atoms with Gasteiger partial charge in [0.25, 0.3) is 5.91 Å². The van der Waals surface area contributed by atoms with Gasteiger partial charge in [-0.05, 0) is 30.3 Å². The zero-order chi connectivity index (χ0) is 17.9. The molecule has 0 radical (unpaired) electrons. The summed E-state index contributed by atoms with van der Waals surface area (Å²) in [6, 6.07) is 13.5. The molecule has 1 aromatic carbocycles. The maximum absolute atomic E-state index is 11.6. The predicted octanol–water partition coefficient (Wildman–Crippen LogP) is 1.87. The Morgan fingerprint density at radius 2 is 1.85 bits per heavy atom. The lowest BCUT2D eigenvalue weighted by atomic mass is 10.1. The first-order valence-electron chi connectivity index (χ1n) is 8.46. The number of nitrogens with two attached hydrogens (primary N) is 1. The van der Waals surface area contributed by atoms with Gasteiger partial charge in [0.05, 0.1) is 24.5 Å². The minimum atomic E-state index is -0.528.